The molecule has 0 saturated carbocycles. The number of hydrogen-bond donors (Lipinski definition) is 2. The number of rotatable bonds is 7. The van der Waals surface area contributed by atoms with E-state index in [0.717, 1.165) is 42.2 Å². The van der Waals surface area contributed by atoms with Crippen LogP contribution in [0.3, 0.4) is 0 Å². The number of nitrogens with zero attached hydrogens (tertiary/aromatic N) is 1. The Kier molecular flexibility index (Phi) is 6.22. The van der Waals surface area contributed by atoms with Gasteiger partial charge in [0.15, 0.2) is 0 Å². The van der Waals surface area contributed by atoms with Gasteiger partial charge < -0.3 is 24.5 Å². The van der Waals surface area contributed by atoms with E-state index in [1.165, 1.54) is 0 Å². The largest absolute Gasteiger partial charge is 0.497 e. The first-order valence-corrected chi connectivity index (χ1v) is 11.1. The summed E-state index contributed by atoms with van der Waals surface area (Å²) in [4.78, 5) is 0. The number of aromatic nitrogens is 1. The van der Waals surface area contributed by atoms with Crippen LogP contribution < -0.4 is 14.8 Å². The van der Waals surface area contributed by atoms with Crippen molar-refractivity contribution in [3.8, 4) is 11.5 Å². The molecule has 0 bridgehead atoms. The molecule has 2 N–H and O–H groups in total. The van der Waals surface area contributed by atoms with Gasteiger partial charge >= 0.3 is 0 Å². The zero-order valence-electron chi connectivity index (χ0n) is 16.7. The number of benzene rings is 3. The van der Waals surface area contributed by atoms with Crippen molar-refractivity contribution < 1.29 is 14.6 Å². The minimum absolute atomic E-state index is 0.373. The number of aliphatic hydroxyl groups is 1. The van der Waals surface area contributed by atoms with Gasteiger partial charge in [-0.05, 0) is 48.5 Å². The third kappa shape index (κ3) is 4.15. The Morgan fingerprint density at radius 1 is 0.900 bits per heavy atom. The van der Waals surface area contributed by atoms with E-state index >= 15 is 0 Å². The maximum Gasteiger partial charge on any atom is 0.142 e. The van der Waals surface area contributed by atoms with Crippen LogP contribution in [-0.2, 0) is 6.54 Å². The molecule has 30 heavy (non-hydrogen) atoms. The van der Waals surface area contributed by atoms with Crippen LogP contribution in [0.4, 0.5) is 5.69 Å². The van der Waals surface area contributed by atoms with Gasteiger partial charge in [-0.25, -0.2) is 0 Å². The first-order valence-electron chi connectivity index (χ1n) is 9.51. The Balaban J connectivity index is 1.61. The van der Waals surface area contributed by atoms with E-state index in [1.807, 2.05) is 30.3 Å². The first kappa shape index (κ1) is 21.0. The summed E-state index contributed by atoms with van der Waals surface area (Å²) in [7, 11) is 3.25. The number of hydrogen-bond acceptors (Lipinski definition) is 4. The summed E-state index contributed by atoms with van der Waals surface area (Å²) in [6, 6.07) is 18.0. The van der Waals surface area contributed by atoms with Crippen molar-refractivity contribution >= 4 is 59.4 Å². The fourth-order valence-electron chi connectivity index (χ4n) is 3.70. The summed E-state index contributed by atoms with van der Waals surface area (Å²) in [5, 5.41) is 16.4. The predicted molar refractivity (Wildman–Crippen MR) is 129 cm³/mol. The molecular weight excluding hydrogens is 512 g/mol. The molecular formula is C23H22Br2N2O3. The quantitative estimate of drug-likeness (QED) is 0.315. The molecule has 4 rings (SSSR count). The third-order valence-corrected chi connectivity index (χ3v) is 6.10. The van der Waals surface area contributed by atoms with Gasteiger partial charge in [0.05, 0.1) is 32.6 Å². The number of methoxy groups -OCH3 is 2. The minimum atomic E-state index is -0.605. The molecule has 3 aromatic carbocycles. The van der Waals surface area contributed by atoms with Crippen LogP contribution in [0.25, 0.3) is 21.8 Å². The highest BCUT2D eigenvalue weighted by atomic mass is 79.9. The standard InChI is InChI=1S/C23H22Br2N2O3/c1-29-17-5-8-23(30-2)20(11-17)26-12-16(28)13-27-21-6-3-14(24)9-18(21)19-10-15(25)4-7-22(19)27/h3-11,16,26,28H,12-13H2,1-2H3. The molecule has 0 aliphatic carbocycles. The molecule has 7 heteroatoms. The normalized spacial score (nSPS) is 12.3. The van der Waals surface area contributed by atoms with Gasteiger partial charge in [0, 0.05) is 43.4 Å². The van der Waals surface area contributed by atoms with Crippen molar-refractivity contribution in [3.05, 3.63) is 63.5 Å². The van der Waals surface area contributed by atoms with Crippen LogP contribution in [-0.4, -0.2) is 36.5 Å². The molecule has 0 amide bonds. The van der Waals surface area contributed by atoms with E-state index in [4.69, 9.17) is 9.47 Å². The average Bonchev–Trinajstić information content (AvgIpc) is 3.04. The molecule has 0 spiro atoms. The average molecular weight is 534 g/mol. The number of fused-ring (bicyclic) bond motifs is 3. The van der Waals surface area contributed by atoms with Crippen LogP contribution in [0, 0.1) is 0 Å². The molecule has 0 aliphatic heterocycles. The second-order valence-electron chi connectivity index (χ2n) is 7.03. The molecule has 1 atom stereocenters. The molecule has 1 aromatic heterocycles. The van der Waals surface area contributed by atoms with Crippen molar-refractivity contribution in [1.29, 1.82) is 0 Å². The highest BCUT2D eigenvalue weighted by Crippen LogP contribution is 2.33. The Labute approximate surface area is 191 Å². The van der Waals surface area contributed by atoms with Crippen LogP contribution in [0.1, 0.15) is 0 Å². The summed E-state index contributed by atoms with van der Waals surface area (Å²) in [5.41, 5.74) is 2.96. The van der Waals surface area contributed by atoms with Crippen molar-refractivity contribution in [3.63, 3.8) is 0 Å². The van der Waals surface area contributed by atoms with Crippen LogP contribution >= 0.6 is 31.9 Å². The van der Waals surface area contributed by atoms with Gasteiger partial charge in [0.25, 0.3) is 0 Å². The van der Waals surface area contributed by atoms with Crippen molar-refractivity contribution in [2.75, 3.05) is 26.1 Å². The van der Waals surface area contributed by atoms with E-state index in [1.54, 1.807) is 14.2 Å². The van der Waals surface area contributed by atoms with E-state index in [0.29, 0.717) is 18.8 Å². The number of ether oxygens (including phenoxy) is 2. The molecule has 0 aliphatic rings. The number of anilines is 1. The second kappa shape index (κ2) is 8.88. The summed E-state index contributed by atoms with van der Waals surface area (Å²) in [6.07, 6.45) is -0.605. The predicted octanol–water partition coefficient (Wildman–Crippen LogP) is 5.81. The van der Waals surface area contributed by atoms with E-state index in [9.17, 15) is 5.11 Å². The highest BCUT2D eigenvalue weighted by molar-refractivity contribution is 9.10. The van der Waals surface area contributed by atoms with E-state index < -0.39 is 6.10 Å². The Bertz CT molecular complexity index is 1150. The van der Waals surface area contributed by atoms with Gasteiger partial charge in [0.1, 0.15) is 11.5 Å². The molecule has 1 unspecified atom stereocenters. The Morgan fingerprint density at radius 3 is 2.10 bits per heavy atom. The monoisotopic (exact) mass is 532 g/mol. The zero-order chi connectivity index (χ0) is 21.3. The van der Waals surface area contributed by atoms with Gasteiger partial charge in [-0.1, -0.05) is 31.9 Å². The third-order valence-electron chi connectivity index (χ3n) is 5.12. The molecule has 1 heterocycles. The first-order chi connectivity index (χ1) is 14.5. The topological polar surface area (TPSA) is 55.6 Å². The lowest BCUT2D eigenvalue weighted by atomic mass is 10.2. The highest BCUT2D eigenvalue weighted by Gasteiger charge is 2.15. The van der Waals surface area contributed by atoms with Gasteiger partial charge in [-0.15, -0.1) is 0 Å². The van der Waals surface area contributed by atoms with Crippen molar-refractivity contribution in [1.82, 2.24) is 4.57 Å². The fourth-order valence-corrected chi connectivity index (χ4v) is 4.42. The number of nitrogens with one attached hydrogen (secondary N) is 1. The number of aliphatic hydroxyl groups excluding tert-OH is 1. The maximum atomic E-state index is 10.8. The minimum Gasteiger partial charge on any atom is -0.497 e. The molecule has 0 fully saturated rings. The van der Waals surface area contributed by atoms with Gasteiger partial charge in [0.2, 0.25) is 0 Å². The number of halogens is 2. The maximum absolute atomic E-state index is 10.8. The molecule has 5 nitrogen and oxygen atoms in total. The lowest BCUT2D eigenvalue weighted by Crippen LogP contribution is -2.25. The Morgan fingerprint density at radius 2 is 1.53 bits per heavy atom. The van der Waals surface area contributed by atoms with Gasteiger partial charge in [-0.2, -0.15) is 0 Å². The lowest BCUT2D eigenvalue weighted by molar-refractivity contribution is 0.169. The Hall–Kier alpha value is -2.22. The van der Waals surface area contributed by atoms with Crippen LogP contribution in [0.5, 0.6) is 11.5 Å². The van der Waals surface area contributed by atoms with E-state index in [2.05, 4.69) is 66.0 Å². The lowest BCUT2D eigenvalue weighted by Gasteiger charge is -2.17. The summed E-state index contributed by atoms with van der Waals surface area (Å²) >= 11 is 7.14. The van der Waals surface area contributed by atoms with Gasteiger partial charge in [-0.3, -0.25) is 0 Å². The SMILES string of the molecule is COc1ccc(OC)c(NCC(O)Cn2c3ccc(Br)cc3c3cc(Br)ccc32)c1. The summed E-state index contributed by atoms with van der Waals surface area (Å²) in [5.74, 6) is 1.43. The molecule has 0 radical (unpaired) electrons. The van der Waals surface area contributed by atoms with Crippen LogP contribution in [0.15, 0.2) is 63.5 Å². The van der Waals surface area contributed by atoms with E-state index in [-0.39, 0.29) is 0 Å². The summed E-state index contributed by atoms with van der Waals surface area (Å²) in [6.45, 7) is 0.834. The second-order valence-corrected chi connectivity index (χ2v) is 8.87. The van der Waals surface area contributed by atoms with Crippen molar-refractivity contribution in [2.24, 2.45) is 0 Å². The smallest absolute Gasteiger partial charge is 0.142 e. The fraction of sp³-hybridized carbons (Fsp3) is 0.217. The molecule has 0 saturated heterocycles. The zero-order valence-corrected chi connectivity index (χ0v) is 19.8. The molecule has 4 aromatic rings. The molecule has 156 valence electrons. The van der Waals surface area contributed by atoms with Crippen molar-refractivity contribution in [2.45, 2.75) is 12.6 Å². The summed E-state index contributed by atoms with van der Waals surface area (Å²) < 4.78 is 14.9. The van der Waals surface area contributed by atoms with Crippen LogP contribution in [0.2, 0.25) is 0 Å².